The average molecular weight is 836 g/mol. The molecule has 0 radical (unpaired) electrons. The normalized spacial score (nSPS) is 13.9. The van der Waals surface area contributed by atoms with Crippen molar-refractivity contribution in [3.63, 3.8) is 0 Å². The van der Waals surface area contributed by atoms with E-state index in [4.69, 9.17) is 0 Å². The van der Waals surface area contributed by atoms with Gasteiger partial charge in [-0.05, 0) is 38.5 Å². The van der Waals surface area contributed by atoms with Crippen LogP contribution in [0.5, 0.6) is 0 Å². The first-order valence-electron chi connectivity index (χ1n) is 26.6. The van der Waals surface area contributed by atoms with Gasteiger partial charge in [0.05, 0.1) is 18.8 Å². The standard InChI is InChI=1S/C53H105NO5/c1-3-5-7-9-11-13-15-17-19-21-23-24-25-26-27-28-29-31-33-35-37-39-41-43-45-47-51(57)53(59)54-49(48-55)52(58)50(56)46-44-42-40-38-36-34-32-30-22-20-18-16-14-12-10-8-6-4-2/h26-27,49-52,55-58H,3-25,28-48H2,1-2H3,(H,54,59)/b27-26-. The minimum Gasteiger partial charge on any atom is -0.394 e. The van der Waals surface area contributed by atoms with Gasteiger partial charge in [-0.1, -0.05) is 264 Å². The lowest BCUT2D eigenvalue weighted by atomic mass is 9.99. The van der Waals surface area contributed by atoms with Crippen LogP contribution in [0.25, 0.3) is 0 Å². The third-order valence-corrected chi connectivity index (χ3v) is 12.7. The van der Waals surface area contributed by atoms with Crippen molar-refractivity contribution in [3.8, 4) is 0 Å². The van der Waals surface area contributed by atoms with E-state index >= 15 is 0 Å². The lowest BCUT2D eigenvalue weighted by Gasteiger charge is -2.27. The summed E-state index contributed by atoms with van der Waals surface area (Å²) >= 11 is 0. The molecule has 0 aliphatic heterocycles. The number of aliphatic hydroxyl groups is 4. The molecule has 6 nitrogen and oxygen atoms in total. The van der Waals surface area contributed by atoms with Crippen molar-refractivity contribution in [2.24, 2.45) is 0 Å². The van der Waals surface area contributed by atoms with Crippen molar-refractivity contribution >= 4 is 5.91 Å². The molecule has 4 unspecified atom stereocenters. The number of amides is 1. The molecular weight excluding hydrogens is 731 g/mol. The molecule has 0 aliphatic rings. The van der Waals surface area contributed by atoms with E-state index in [2.05, 4.69) is 31.3 Å². The Labute approximate surface area is 368 Å². The van der Waals surface area contributed by atoms with Gasteiger partial charge in [0.25, 0.3) is 0 Å². The minimum atomic E-state index is -1.26. The maximum atomic E-state index is 12.6. The number of rotatable bonds is 49. The molecule has 0 aromatic carbocycles. The van der Waals surface area contributed by atoms with Crippen LogP contribution in [0.3, 0.4) is 0 Å². The first-order valence-corrected chi connectivity index (χ1v) is 26.6. The van der Waals surface area contributed by atoms with Gasteiger partial charge in [0, 0.05) is 0 Å². The summed E-state index contributed by atoms with van der Waals surface area (Å²) in [4.78, 5) is 12.6. The van der Waals surface area contributed by atoms with Crippen molar-refractivity contribution in [2.45, 2.75) is 314 Å². The Bertz CT molecular complexity index is 852. The monoisotopic (exact) mass is 836 g/mol. The van der Waals surface area contributed by atoms with Crippen molar-refractivity contribution in [3.05, 3.63) is 12.2 Å². The van der Waals surface area contributed by atoms with Gasteiger partial charge in [-0.2, -0.15) is 0 Å². The summed E-state index contributed by atoms with van der Waals surface area (Å²) in [6, 6.07) is -0.984. The Balaban J connectivity index is 3.63. The van der Waals surface area contributed by atoms with Crippen molar-refractivity contribution in [1.82, 2.24) is 5.32 Å². The number of nitrogens with one attached hydrogen (secondary N) is 1. The molecule has 0 aromatic rings. The van der Waals surface area contributed by atoms with E-state index in [1.54, 1.807) is 0 Å². The molecule has 352 valence electrons. The van der Waals surface area contributed by atoms with Crippen LogP contribution in [-0.2, 0) is 4.79 Å². The van der Waals surface area contributed by atoms with Gasteiger partial charge in [-0.15, -0.1) is 0 Å². The third kappa shape index (κ3) is 42.1. The lowest BCUT2D eigenvalue weighted by Crippen LogP contribution is -2.53. The van der Waals surface area contributed by atoms with Crippen LogP contribution in [0.4, 0.5) is 0 Å². The van der Waals surface area contributed by atoms with Gasteiger partial charge >= 0.3 is 0 Å². The second kappa shape index (κ2) is 48.1. The highest BCUT2D eigenvalue weighted by Crippen LogP contribution is 2.18. The molecular formula is C53H105NO5. The Morgan fingerprint density at radius 2 is 0.678 bits per heavy atom. The number of unbranched alkanes of at least 4 members (excludes halogenated alkanes) is 38. The lowest BCUT2D eigenvalue weighted by molar-refractivity contribution is -0.132. The van der Waals surface area contributed by atoms with Crippen molar-refractivity contribution in [1.29, 1.82) is 0 Å². The molecule has 1 amide bonds. The van der Waals surface area contributed by atoms with Crippen LogP contribution in [0, 0.1) is 0 Å². The zero-order chi connectivity index (χ0) is 43.1. The average Bonchev–Trinajstić information content (AvgIpc) is 3.24. The Kier molecular flexibility index (Phi) is 47.3. The summed E-state index contributed by atoms with van der Waals surface area (Å²) < 4.78 is 0. The molecule has 0 fully saturated rings. The van der Waals surface area contributed by atoms with Crippen molar-refractivity contribution < 1.29 is 25.2 Å². The summed E-state index contributed by atoms with van der Waals surface area (Å²) in [5.74, 6) is -0.581. The van der Waals surface area contributed by atoms with Gasteiger partial charge in [-0.3, -0.25) is 4.79 Å². The quantitative estimate of drug-likeness (QED) is 0.0310. The summed E-state index contributed by atoms with van der Waals surface area (Å²) in [5.41, 5.74) is 0. The maximum absolute atomic E-state index is 12.6. The molecule has 5 N–H and O–H groups in total. The SMILES string of the molecule is CCCCCCCCCCCCCC/C=C\CCCCCCCCCCCC(O)C(=O)NC(CO)C(O)C(O)CCCCCCCCCCCCCCCCCCCC. The van der Waals surface area contributed by atoms with Crippen LogP contribution < -0.4 is 5.32 Å². The van der Waals surface area contributed by atoms with E-state index in [1.807, 2.05) is 0 Å². The molecule has 0 saturated heterocycles. The molecule has 0 saturated carbocycles. The van der Waals surface area contributed by atoms with E-state index in [-0.39, 0.29) is 0 Å². The van der Waals surface area contributed by atoms with E-state index in [1.165, 1.54) is 225 Å². The highest BCUT2D eigenvalue weighted by Gasteiger charge is 2.28. The first kappa shape index (κ1) is 58.0. The van der Waals surface area contributed by atoms with Gasteiger partial charge < -0.3 is 25.7 Å². The van der Waals surface area contributed by atoms with E-state index in [9.17, 15) is 25.2 Å². The number of aliphatic hydroxyl groups excluding tert-OH is 4. The third-order valence-electron chi connectivity index (χ3n) is 12.7. The summed E-state index contributed by atoms with van der Waals surface area (Å²) in [5, 5.41) is 43.9. The number of allylic oxidation sites excluding steroid dienone is 2. The molecule has 0 rings (SSSR count). The van der Waals surface area contributed by atoms with Crippen LogP contribution in [0.15, 0.2) is 12.2 Å². The second-order valence-electron chi connectivity index (χ2n) is 18.6. The predicted molar refractivity (Wildman–Crippen MR) is 256 cm³/mol. The van der Waals surface area contributed by atoms with Gasteiger partial charge in [-0.25, -0.2) is 0 Å². The zero-order valence-electron chi connectivity index (χ0n) is 39.8. The topological polar surface area (TPSA) is 110 Å². The predicted octanol–water partition coefficient (Wildman–Crippen LogP) is 14.9. The maximum Gasteiger partial charge on any atom is 0.249 e. The summed E-state index contributed by atoms with van der Waals surface area (Å²) in [6.07, 6.45) is 55.5. The second-order valence-corrected chi connectivity index (χ2v) is 18.6. The molecule has 0 bridgehead atoms. The highest BCUT2D eigenvalue weighted by atomic mass is 16.3. The Morgan fingerprint density at radius 1 is 0.407 bits per heavy atom. The fourth-order valence-electron chi connectivity index (χ4n) is 8.52. The first-order chi connectivity index (χ1) is 29.0. The number of carbonyl (C=O) groups excluding carboxylic acids is 1. The fraction of sp³-hybridized carbons (Fsp3) is 0.943. The molecule has 6 heteroatoms. The number of hydrogen-bond acceptors (Lipinski definition) is 5. The van der Waals surface area contributed by atoms with E-state index in [0.717, 1.165) is 38.5 Å². The zero-order valence-corrected chi connectivity index (χ0v) is 39.8. The molecule has 0 spiro atoms. The van der Waals surface area contributed by atoms with E-state index in [0.29, 0.717) is 12.8 Å². The largest absolute Gasteiger partial charge is 0.394 e. The van der Waals surface area contributed by atoms with E-state index < -0.39 is 36.9 Å². The Hall–Kier alpha value is -0.950. The van der Waals surface area contributed by atoms with Crippen molar-refractivity contribution in [2.75, 3.05) is 6.61 Å². The Morgan fingerprint density at radius 3 is 0.983 bits per heavy atom. The molecule has 0 heterocycles. The highest BCUT2D eigenvalue weighted by molar-refractivity contribution is 5.80. The fourth-order valence-corrected chi connectivity index (χ4v) is 8.52. The number of hydrogen-bond donors (Lipinski definition) is 5. The smallest absolute Gasteiger partial charge is 0.249 e. The van der Waals surface area contributed by atoms with Crippen LogP contribution >= 0.6 is 0 Å². The molecule has 4 atom stereocenters. The number of carbonyl (C=O) groups is 1. The van der Waals surface area contributed by atoms with Gasteiger partial charge in [0.2, 0.25) is 5.91 Å². The molecule has 0 aromatic heterocycles. The minimum absolute atomic E-state index is 0.370. The molecule has 0 aliphatic carbocycles. The molecule has 59 heavy (non-hydrogen) atoms. The summed E-state index contributed by atoms with van der Waals surface area (Å²) in [6.45, 7) is 4.08. The van der Waals surface area contributed by atoms with Crippen LogP contribution in [0.1, 0.15) is 290 Å². The van der Waals surface area contributed by atoms with Gasteiger partial charge in [0.15, 0.2) is 0 Å². The van der Waals surface area contributed by atoms with Gasteiger partial charge in [0.1, 0.15) is 12.2 Å². The van der Waals surface area contributed by atoms with Crippen LogP contribution in [-0.4, -0.2) is 57.3 Å². The summed E-state index contributed by atoms with van der Waals surface area (Å²) in [7, 11) is 0. The van der Waals surface area contributed by atoms with Crippen LogP contribution in [0.2, 0.25) is 0 Å².